The van der Waals surface area contributed by atoms with Gasteiger partial charge in [0.15, 0.2) is 0 Å². The second-order valence-corrected chi connectivity index (χ2v) is 7.02. The number of ketones is 1. The largest absolute Gasteiger partial charge is 0.426 e. The first-order valence-corrected chi connectivity index (χ1v) is 8.75. The summed E-state index contributed by atoms with van der Waals surface area (Å²) in [4.78, 5) is 24.1. The highest BCUT2D eigenvalue weighted by Crippen LogP contribution is 2.66. The zero-order valence-electron chi connectivity index (χ0n) is 12.8. The highest BCUT2D eigenvalue weighted by molar-refractivity contribution is 7.54. The molecule has 7 heteroatoms. The Morgan fingerprint density at radius 3 is 2.36 bits per heavy atom. The lowest BCUT2D eigenvalue weighted by Crippen LogP contribution is -2.36. The SMILES string of the molecule is CCOP(=O)(OCC)[C@@H]1c2ccccc2OC(=O)[C@H]1C(C)=O. The summed E-state index contributed by atoms with van der Waals surface area (Å²) in [7, 11) is -3.70. The fourth-order valence-corrected chi connectivity index (χ4v) is 4.96. The van der Waals surface area contributed by atoms with Gasteiger partial charge in [0, 0.05) is 5.56 Å². The smallest absolute Gasteiger partial charge is 0.339 e. The van der Waals surface area contributed by atoms with Crippen LogP contribution < -0.4 is 4.74 Å². The van der Waals surface area contributed by atoms with Crippen LogP contribution in [0.4, 0.5) is 0 Å². The molecule has 0 unspecified atom stereocenters. The first-order valence-electron chi connectivity index (χ1n) is 7.14. The molecule has 1 heterocycles. The maximum atomic E-state index is 13.2. The van der Waals surface area contributed by atoms with E-state index >= 15 is 0 Å². The Kier molecular flexibility index (Phi) is 5.16. The highest BCUT2D eigenvalue weighted by Gasteiger charge is 2.52. The van der Waals surface area contributed by atoms with Gasteiger partial charge < -0.3 is 13.8 Å². The maximum absolute atomic E-state index is 13.2. The molecule has 0 amide bonds. The molecule has 0 fully saturated rings. The van der Waals surface area contributed by atoms with Crippen molar-refractivity contribution in [3.05, 3.63) is 29.8 Å². The highest BCUT2D eigenvalue weighted by atomic mass is 31.2. The van der Waals surface area contributed by atoms with Gasteiger partial charge in [0.25, 0.3) is 0 Å². The molecule has 0 aliphatic carbocycles. The summed E-state index contributed by atoms with van der Waals surface area (Å²) in [6.07, 6.45) is 0. The van der Waals surface area contributed by atoms with E-state index in [-0.39, 0.29) is 19.0 Å². The van der Waals surface area contributed by atoms with Crippen molar-refractivity contribution in [2.24, 2.45) is 5.92 Å². The van der Waals surface area contributed by atoms with Crippen molar-refractivity contribution in [1.82, 2.24) is 0 Å². The molecular formula is C15H19O6P. The number of hydrogen-bond acceptors (Lipinski definition) is 6. The summed E-state index contributed by atoms with van der Waals surface area (Å²) in [5, 5.41) is 0. The van der Waals surface area contributed by atoms with Crippen LogP contribution in [0.2, 0.25) is 0 Å². The first-order chi connectivity index (χ1) is 10.4. The van der Waals surface area contributed by atoms with Crippen LogP contribution >= 0.6 is 7.60 Å². The van der Waals surface area contributed by atoms with Crippen molar-refractivity contribution >= 4 is 19.3 Å². The lowest BCUT2D eigenvalue weighted by molar-refractivity contribution is -0.145. The number of fused-ring (bicyclic) bond motifs is 1. The summed E-state index contributed by atoms with van der Waals surface area (Å²) < 4.78 is 29.1. The molecule has 1 aromatic carbocycles. The molecular weight excluding hydrogens is 307 g/mol. The van der Waals surface area contributed by atoms with Crippen molar-refractivity contribution in [1.29, 1.82) is 0 Å². The standard InChI is InChI=1S/C15H19O6P/c1-4-19-22(18,20-5-2)14-11-8-6-7-9-12(11)21-15(17)13(14)10(3)16/h6-9,13-14H,4-5H2,1-3H3/t13-,14+/m0/s1. The van der Waals surface area contributed by atoms with Gasteiger partial charge in [0.05, 0.1) is 13.2 Å². The minimum absolute atomic E-state index is 0.148. The van der Waals surface area contributed by atoms with Crippen LogP contribution in [-0.4, -0.2) is 25.0 Å². The van der Waals surface area contributed by atoms with Crippen LogP contribution in [-0.2, 0) is 23.2 Å². The number of rotatable bonds is 6. The summed E-state index contributed by atoms with van der Waals surface area (Å²) in [6, 6.07) is 6.69. The molecule has 1 aliphatic heterocycles. The fourth-order valence-electron chi connectivity index (χ4n) is 2.60. The molecule has 6 nitrogen and oxygen atoms in total. The van der Waals surface area contributed by atoms with Crippen LogP contribution in [0.5, 0.6) is 5.75 Å². The van der Waals surface area contributed by atoms with Crippen molar-refractivity contribution in [3.8, 4) is 5.75 Å². The predicted octanol–water partition coefficient (Wildman–Crippen LogP) is 3.12. The topological polar surface area (TPSA) is 78.9 Å². The summed E-state index contributed by atoms with van der Waals surface area (Å²) in [5.41, 5.74) is -0.491. The number of Topliss-reactive ketones (excluding diaryl/α,β-unsaturated/α-hetero) is 1. The quantitative estimate of drug-likeness (QED) is 0.346. The Morgan fingerprint density at radius 2 is 1.82 bits per heavy atom. The third kappa shape index (κ3) is 3.00. The molecule has 1 aromatic rings. The van der Waals surface area contributed by atoms with Gasteiger partial charge in [-0.25, -0.2) is 0 Å². The predicted molar refractivity (Wildman–Crippen MR) is 79.8 cm³/mol. The van der Waals surface area contributed by atoms with Gasteiger partial charge in [-0.05, 0) is 26.8 Å². The Bertz CT molecular complexity index is 616. The molecule has 0 saturated heterocycles. The van der Waals surface area contributed by atoms with Gasteiger partial charge in [0.2, 0.25) is 0 Å². The molecule has 0 spiro atoms. The summed E-state index contributed by atoms with van der Waals surface area (Å²) >= 11 is 0. The van der Waals surface area contributed by atoms with Crippen LogP contribution in [0.1, 0.15) is 32.0 Å². The average Bonchev–Trinajstić information content (AvgIpc) is 2.45. The Labute approximate surface area is 129 Å². The molecule has 22 heavy (non-hydrogen) atoms. The third-order valence-electron chi connectivity index (χ3n) is 3.41. The van der Waals surface area contributed by atoms with Crippen LogP contribution in [0, 0.1) is 5.92 Å². The maximum Gasteiger partial charge on any atom is 0.339 e. The summed E-state index contributed by atoms with van der Waals surface area (Å²) in [5.74, 6) is -2.06. The van der Waals surface area contributed by atoms with E-state index < -0.39 is 30.9 Å². The molecule has 2 rings (SSSR count). The number of benzene rings is 1. The molecule has 1 aliphatic rings. The van der Waals surface area contributed by atoms with Crippen molar-refractivity contribution in [3.63, 3.8) is 0 Å². The second-order valence-electron chi connectivity index (χ2n) is 4.87. The Balaban J connectivity index is 2.62. The van der Waals surface area contributed by atoms with Crippen molar-refractivity contribution in [2.45, 2.75) is 26.4 Å². The van der Waals surface area contributed by atoms with Gasteiger partial charge in [-0.15, -0.1) is 0 Å². The number of ether oxygens (including phenoxy) is 1. The van der Waals surface area contributed by atoms with Crippen LogP contribution in [0.3, 0.4) is 0 Å². The molecule has 0 radical (unpaired) electrons. The Morgan fingerprint density at radius 1 is 1.23 bits per heavy atom. The minimum atomic E-state index is -3.70. The number of carbonyl (C=O) groups excluding carboxylic acids is 2. The molecule has 0 saturated carbocycles. The molecule has 120 valence electrons. The van der Waals surface area contributed by atoms with E-state index in [1.165, 1.54) is 6.92 Å². The normalized spacial score (nSPS) is 21.1. The van der Waals surface area contributed by atoms with Gasteiger partial charge in [-0.3, -0.25) is 14.2 Å². The van der Waals surface area contributed by atoms with E-state index in [0.29, 0.717) is 5.56 Å². The summed E-state index contributed by atoms with van der Waals surface area (Å²) in [6.45, 7) is 4.93. The van der Waals surface area contributed by atoms with E-state index in [9.17, 15) is 14.2 Å². The number of esters is 1. The fraction of sp³-hybridized carbons (Fsp3) is 0.467. The molecule has 0 bridgehead atoms. The lowest BCUT2D eigenvalue weighted by atomic mass is 9.92. The number of hydrogen-bond donors (Lipinski definition) is 0. The van der Waals surface area contributed by atoms with Crippen molar-refractivity contribution in [2.75, 3.05) is 13.2 Å². The molecule has 0 aromatic heterocycles. The van der Waals surface area contributed by atoms with Crippen molar-refractivity contribution < 1.29 is 27.9 Å². The van der Waals surface area contributed by atoms with Gasteiger partial charge >= 0.3 is 13.6 Å². The van der Waals surface area contributed by atoms with Crippen LogP contribution in [0.25, 0.3) is 0 Å². The average molecular weight is 326 g/mol. The number of para-hydroxylation sites is 1. The van der Waals surface area contributed by atoms with Gasteiger partial charge in [0.1, 0.15) is 23.1 Å². The molecule has 2 atom stereocenters. The third-order valence-corrected chi connectivity index (χ3v) is 5.91. The zero-order valence-corrected chi connectivity index (χ0v) is 13.7. The Hall–Kier alpha value is -1.49. The minimum Gasteiger partial charge on any atom is -0.426 e. The van der Waals surface area contributed by atoms with Crippen LogP contribution in [0.15, 0.2) is 24.3 Å². The van der Waals surface area contributed by atoms with E-state index in [0.717, 1.165) is 0 Å². The number of carbonyl (C=O) groups is 2. The van der Waals surface area contributed by atoms with E-state index in [4.69, 9.17) is 13.8 Å². The van der Waals surface area contributed by atoms with Gasteiger partial charge in [-0.1, -0.05) is 18.2 Å². The first kappa shape index (κ1) is 16.9. The van der Waals surface area contributed by atoms with E-state index in [1.807, 2.05) is 0 Å². The van der Waals surface area contributed by atoms with E-state index in [2.05, 4.69) is 0 Å². The monoisotopic (exact) mass is 326 g/mol. The van der Waals surface area contributed by atoms with E-state index in [1.54, 1.807) is 38.1 Å². The lowest BCUT2D eigenvalue weighted by Gasteiger charge is -2.34. The second kappa shape index (κ2) is 6.73. The van der Waals surface area contributed by atoms with Gasteiger partial charge in [-0.2, -0.15) is 0 Å². The zero-order chi connectivity index (χ0) is 16.3. The molecule has 0 N–H and O–H groups in total.